The maximum absolute atomic E-state index is 12.7. The summed E-state index contributed by atoms with van der Waals surface area (Å²) in [5.41, 5.74) is 2.19. The third-order valence-electron chi connectivity index (χ3n) is 4.70. The van der Waals surface area contributed by atoms with E-state index >= 15 is 0 Å². The number of amides is 1. The minimum absolute atomic E-state index is 0.148. The monoisotopic (exact) mass is 438 g/mol. The fourth-order valence-electron chi connectivity index (χ4n) is 3.04. The van der Waals surface area contributed by atoms with Crippen LogP contribution in [0.5, 0.6) is 11.8 Å². The van der Waals surface area contributed by atoms with Gasteiger partial charge in [-0.3, -0.25) is 4.79 Å². The average Bonchev–Trinajstić information content (AvgIpc) is 2.81. The summed E-state index contributed by atoms with van der Waals surface area (Å²) in [6.07, 6.45) is 1.65. The number of nitrogens with one attached hydrogen (secondary N) is 3. The molecule has 6 bridgehead atoms. The van der Waals surface area contributed by atoms with Crippen LogP contribution in [0.3, 0.4) is 0 Å². The van der Waals surface area contributed by atoms with Gasteiger partial charge in [0, 0.05) is 24.3 Å². The molecule has 2 aromatic carbocycles. The van der Waals surface area contributed by atoms with Gasteiger partial charge in [-0.15, -0.1) is 0 Å². The Hall–Kier alpha value is -3.95. The highest BCUT2D eigenvalue weighted by Crippen LogP contribution is 2.19. The number of nitrogens with zero attached hydrogens (tertiary/aromatic N) is 3. The van der Waals surface area contributed by atoms with Gasteiger partial charge in [-0.25, -0.2) is 4.39 Å². The minimum Gasteiger partial charge on any atom is -0.494 e. The molecule has 0 aliphatic carbocycles. The number of halogens is 1. The number of hydrogen-bond donors (Lipinski definition) is 3. The molecule has 4 aliphatic heterocycles. The quantitative estimate of drug-likeness (QED) is 0.558. The van der Waals surface area contributed by atoms with Gasteiger partial charge in [0.25, 0.3) is 5.91 Å². The molecule has 0 unspecified atom stereocenters. The molecule has 0 atom stereocenters. The smallest absolute Gasteiger partial charge is 0.325 e. The fraction of sp³-hybridized carbons (Fsp3) is 0.273. The van der Waals surface area contributed by atoms with Crippen molar-refractivity contribution in [1.29, 1.82) is 0 Å². The average molecular weight is 438 g/mol. The Bertz CT molecular complexity index is 1050. The molecular formula is C22H23FN6O3. The van der Waals surface area contributed by atoms with Gasteiger partial charge in [0.05, 0.1) is 6.61 Å². The zero-order valence-electron chi connectivity index (χ0n) is 17.3. The second-order valence-electron chi connectivity index (χ2n) is 7.03. The Morgan fingerprint density at radius 2 is 1.72 bits per heavy atom. The first-order valence-corrected chi connectivity index (χ1v) is 10.3. The van der Waals surface area contributed by atoms with Crippen LogP contribution >= 0.6 is 0 Å². The van der Waals surface area contributed by atoms with Crippen LogP contribution in [0.1, 0.15) is 28.8 Å². The summed E-state index contributed by atoms with van der Waals surface area (Å²) < 4.78 is 23.3. The number of hydrogen-bond acceptors (Lipinski definition) is 8. The number of rotatable bonds is 2. The maximum atomic E-state index is 12.7. The SMILES string of the molecule is O=C1NCCCCOc2ccc(cc2)CNc2nc(nc(OCF)n2)Nc2ccc1cc2. The van der Waals surface area contributed by atoms with Crippen molar-refractivity contribution in [2.75, 3.05) is 30.6 Å². The van der Waals surface area contributed by atoms with Crippen LogP contribution in [0.4, 0.5) is 22.0 Å². The summed E-state index contributed by atoms with van der Waals surface area (Å²) in [4.78, 5) is 24.8. The molecule has 3 N–H and O–H groups in total. The molecule has 9 nitrogen and oxygen atoms in total. The molecular weight excluding hydrogens is 415 g/mol. The summed E-state index contributed by atoms with van der Waals surface area (Å²) >= 11 is 0. The van der Waals surface area contributed by atoms with Crippen molar-refractivity contribution in [2.45, 2.75) is 19.4 Å². The Balaban J connectivity index is 1.58. The fourth-order valence-corrected chi connectivity index (χ4v) is 3.04. The Labute approximate surface area is 184 Å². The number of benzene rings is 2. The zero-order chi connectivity index (χ0) is 22.2. The number of alkyl halides is 1. The summed E-state index contributed by atoms with van der Waals surface area (Å²) in [7, 11) is 0. The van der Waals surface area contributed by atoms with Gasteiger partial charge < -0.3 is 25.4 Å². The molecule has 3 aromatic rings. The van der Waals surface area contributed by atoms with Crippen LogP contribution in [0.25, 0.3) is 0 Å². The Morgan fingerprint density at radius 3 is 2.50 bits per heavy atom. The van der Waals surface area contributed by atoms with Crippen LogP contribution in [-0.2, 0) is 6.54 Å². The highest BCUT2D eigenvalue weighted by Gasteiger charge is 2.10. The molecule has 10 heteroatoms. The van der Waals surface area contributed by atoms with E-state index in [0.29, 0.717) is 30.9 Å². The summed E-state index contributed by atoms with van der Waals surface area (Å²) in [5.74, 6) is 1.03. The minimum atomic E-state index is -1.06. The van der Waals surface area contributed by atoms with E-state index in [9.17, 15) is 9.18 Å². The van der Waals surface area contributed by atoms with Crippen LogP contribution in [0, 0.1) is 0 Å². The van der Waals surface area contributed by atoms with Crippen LogP contribution < -0.4 is 25.4 Å². The van der Waals surface area contributed by atoms with Gasteiger partial charge in [-0.2, -0.15) is 15.0 Å². The number of carbonyl (C=O) groups is 1. The van der Waals surface area contributed by atoms with Crippen molar-refractivity contribution in [2.24, 2.45) is 0 Å². The highest BCUT2D eigenvalue weighted by atomic mass is 19.1. The van der Waals surface area contributed by atoms with Crippen molar-refractivity contribution in [3.8, 4) is 11.8 Å². The van der Waals surface area contributed by atoms with E-state index in [1.807, 2.05) is 24.3 Å². The summed E-state index contributed by atoms with van der Waals surface area (Å²) in [6.45, 7) is 0.520. The van der Waals surface area contributed by atoms with E-state index in [1.165, 1.54) is 0 Å². The molecule has 0 saturated heterocycles. The highest BCUT2D eigenvalue weighted by molar-refractivity contribution is 5.94. The molecule has 4 aliphatic rings. The lowest BCUT2D eigenvalue weighted by Gasteiger charge is -2.11. The third kappa shape index (κ3) is 5.81. The first kappa shape index (κ1) is 21.3. The Kier molecular flexibility index (Phi) is 6.91. The molecule has 0 radical (unpaired) electrons. The second-order valence-corrected chi connectivity index (χ2v) is 7.03. The largest absolute Gasteiger partial charge is 0.494 e. The molecule has 1 aromatic heterocycles. The van der Waals surface area contributed by atoms with Crippen molar-refractivity contribution >= 4 is 23.5 Å². The van der Waals surface area contributed by atoms with Gasteiger partial charge in [0.15, 0.2) is 0 Å². The molecule has 1 amide bonds. The standard InChI is InChI=1S/C22H23FN6O3/c23-14-32-22-28-20-25-13-15-3-9-18(10-4-15)31-12-2-1-11-24-19(30)16-5-7-17(8-6-16)26-21(27-20)29-22/h3-10H,1-2,11-14H2,(H,24,30)(H2,25,26,27,28,29). The topological polar surface area (TPSA) is 110 Å². The molecule has 7 rings (SSSR count). The Morgan fingerprint density at radius 1 is 0.938 bits per heavy atom. The first-order chi connectivity index (χ1) is 15.7. The summed E-state index contributed by atoms with van der Waals surface area (Å²) in [5, 5.41) is 9.02. The second kappa shape index (κ2) is 10.4. The van der Waals surface area contributed by atoms with Crippen molar-refractivity contribution in [1.82, 2.24) is 20.3 Å². The van der Waals surface area contributed by atoms with Gasteiger partial charge in [-0.1, -0.05) is 12.1 Å². The van der Waals surface area contributed by atoms with Crippen LogP contribution in [0.15, 0.2) is 48.5 Å². The van der Waals surface area contributed by atoms with Gasteiger partial charge in [0.2, 0.25) is 18.8 Å². The predicted octanol–water partition coefficient (Wildman–Crippen LogP) is 3.44. The van der Waals surface area contributed by atoms with E-state index in [0.717, 1.165) is 24.2 Å². The van der Waals surface area contributed by atoms with Crippen LogP contribution in [-0.4, -0.2) is 40.9 Å². The van der Waals surface area contributed by atoms with E-state index in [1.54, 1.807) is 24.3 Å². The molecule has 32 heavy (non-hydrogen) atoms. The molecule has 0 saturated carbocycles. The zero-order valence-corrected chi connectivity index (χ0v) is 17.3. The van der Waals surface area contributed by atoms with E-state index < -0.39 is 6.86 Å². The van der Waals surface area contributed by atoms with E-state index in [2.05, 4.69) is 30.9 Å². The molecule has 5 heterocycles. The lowest BCUT2D eigenvalue weighted by molar-refractivity contribution is 0.0952. The van der Waals surface area contributed by atoms with Crippen molar-refractivity contribution in [3.05, 3.63) is 59.7 Å². The van der Waals surface area contributed by atoms with Crippen molar-refractivity contribution < 1.29 is 18.7 Å². The number of ether oxygens (including phenoxy) is 2. The lowest BCUT2D eigenvalue weighted by atomic mass is 10.2. The van der Waals surface area contributed by atoms with E-state index in [-0.39, 0.29) is 23.8 Å². The van der Waals surface area contributed by atoms with Crippen molar-refractivity contribution in [3.63, 3.8) is 0 Å². The first-order valence-electron chi connectivity index (χ1n) is 10.3. The van der Waals surface area contributed by atoms with Gasteiger partial charge in [-0.05, 0) is 54.8 Å². The third-order valence-corrected chi connectivity index (χ3v) is 4.70. The number of carbonyl (C=O) groups excluding carboxylic acids is 1. The van der Waals surface area contributed by atoms with Gasteiger partial charge >= 0.3 is 6.01 Å². The van der Waals surface area contributed by atoms with E-state index in [4.69, 9.17) is 9.47 Å². The molecule has 166 valence electrons. The maximum Gasteiger partial charge on any atom is 0.325 e. The van der Waals surface area contributed by atoms with Gasteiger partial charge in [0.1, 0.15) is 5.75 Å². The molecule has 0 spiro atoms. The van der Waals surface area contributed by atoms with Crippen LogP contribution in [0.2, 0.25) is 0 Å². The predicted molar refractivity (Wildman–Crippen MR) is 117 cm³/mol. The number of anilines is 3. The number of aromatic nitrogens is 3. The summed E-state index contributed by atoms with van der Waals surface area (Å²) in [6, 6.07) is 14.4. The lowest BCUT2D eigenvalue weighted by Crippen LogP contribution is -2.24. The normalized spacial score (nSPS) is 14.3. The molecule has 0 fully saturated rings.